The van der Waals surface area contributed by atoms with E-state index in [0.29, 0.717) is 32.8 Å². The average Bonchev–Trinajstić information content (AvgIpc) is 3.21. The van der Waals surface area contributed by atoms with Crippen molar-refractivity contribution in [3.05, 3.63) is 81.5 Å². The number of nitrogens with zero attached hydrogens (tertiary/aromatic N) is 1. The van der Waals surface area contributed by atoms with Gasteiger partial charge in [-0.05, 0) is 72.7 Å². The van der Waals surface area contributed by atoms with E-state index in [0.717, 1.165) is 12.0 Å². The fourth-order valence-electron chi connectivity index (χ4n) is 3.18. The minimum atomic E-state index is -0.588. The van der Waals surface area contributed by atoms with Gasteiger partial charge in [-0.2, -0.15) is 0 Å². The molecule has 0 radical (unpaired) electrons. The first-order valence-electron chi connectivity index (χ1n) is 9.43. The fraction of sp³-hybridized carbons (Fsp3) is 0.0870. The lowest BCUT2D eigenvalue weighted by atomic mass is 10.1. The van der Waals surface area contributed by atoms with Crippen LogP contribution in [0.15, 0.2) is 64.6 Å². The van der Waals surface area contributed by atoms with Crippen LogP contribution in [0.4, 0.5) is 5.69 Å². The number of aryl methyl sites for hydroxylation is 1. The number of amides is 2. The number of rotatable bonds is 4. The maximum absolute atomic E-state index is 13.1. The molecular weight excluding hydrogens is 455 g/mol. The van der Waals surface area contributed by atoms with Gasteiger partial charge in [0, 0.05) is 10.6 Å². The molecule has 3 aromatic rings. The second kappa shape index (κ2) is 8.67. The predicted octanol–water partition coefficient (Wildman–Crippen LogP) is 5.65. The molecule has 2 aromatic carbocycles. The number of furan rings is 1. The molecule has 1 aromatic heterocycles. The molecule has 0 spiro atoms. The molecule has 1 fully saturated rings. The van der Waals surface area contributed by atoms with E-state index in [1.807, 2.05) is 19.1 Å². The molecule has 4 rings (SSSR count). The van der Waals surface area contributed by atoms with Gasteiger partial charge in [-0.15, -0.1) is 0 Å². The lowest BCUT2D eigenvalue weighted by Gasteiger charge is -2.28. The zero-order valence-corrected chi connectivity index (χ0v) is 18.6. The summed E-state index contributed by atoms with van der Waals surface area (Å²) in [6.07, 6.45) is 2.26. The second-order valence-corrected chi connectivity index (χ2v) is 8.03. The second-order valence-electron chi connectivity index (χ2n) is 6.80. The molecule has 1 aliphatic rings. The molecule has 0 atom stereocenters. The highest BCUT2D eigenvalue weighted by Crippen LogP contribution is 2.32. The van der Waals surface area contributed by atoms with E-state index in [-0.39, 0.29) is 10.7 Å². The third-order valence-electron chi connectivity index (χ3n) is 4.81. The number of hydrogen-bond donors (Lipinski definition) is 1. The summed E-state index contributed by atoms with van der Waals surface area (Å²) >= 11 is 17.5. The predicted molar refractivity (Wildman–Crippen MR) is 126 cm³/mol. The number of carbonyl (C=O) groups is 2. The van der Waals surface area contributed by atoms with Crippen LogP contribution >= 0.6 is 35.4 Å². The summed E-state index contributed by atoms with van der Waals surface area (Å²) < 4.78 is 5.80. The topological polar surface area (TPSA) is 62.6 Å². The standard InChI is InChI=1S/C23H16Cl2N2O3S/c1-2-13-3-6-15(7-4-13)27-22(29)18(21(28)26-23(27)31)12-16-8-10-20(30-16)17-11-14(24)5-9-19(17)25/h3-12H,2H2,1H3,(H,26,28,31)/b18-12+. The van der Waals surface area contributed by atoms with Crippen LogP contribution in [0, 0.1) is 0 Å². The van der Waals surface area contributed by atoms with Crippen LogP contribution in [-0.2, 0) is 16.0 Å². The van der Waals surface area contributed by atoms with Crippen molar-refractivity contribution < 1.29 is 14.0 Å². The fourth-order valence-corrected chi connectivity index (χ4v) is 3.84. The molecule has 0 aliphatic carbocycles. The number of hydrogen-bond acceptors (Lipinski definition) is 4. The van der Waals surface area contributed by atoms with Crippen LogP contribution in [0.3, 0.4) is 0 Å². The first-order valence-corrected chi connectivity index (χ1v) is 10.6. The number of anilines is 1. The molecule has 31 heavy (non-hydrogen) atoms. The molecule has 2 amide bonds. The van der Waals surface area contributed by atoms with Crippen molar-refractivity contribution in [3.8, 4) is 11.3 Å². The summed E-state index contributed by atoms with van der Waals surface area (Å²) in [5.41, 5.74) is 2.22. The van der Waals surface area contributed by atoms with E-state index in [4.69, 9.17) is 39.8 Å². The van der Waals surface area contributed by atoms with Crippen molar-refractivity contribution >= 4 is 64.1 Å². The molecule has 0 saturated carbocycles. The van der Waals surface area contributed by atoms with Crippen LogP contribution in [0.5, 0.6) is 0 Å². The van der Waals surface area contributed by atoms with Gasteiger partial charge >= 0.3 is 0 Å². The van der Waals surface area contributed by atoms with E-state index < -0.39 is 11.8 Å². The van der Waals surface area contributed by atoms with Crippen molar-refractivity contribution in [2.45, 2.75) is 13.3 Å². The number of nitrogens with one attached hydrogen (secondary N) is 1. The lowest BCUT2D eigenvalue weighted by Crippen LogP contribution is -2.54. The Morgan fingerprint density at radius 2 is 1.81 bits per heavy atom. The Kier molecular flexibility index (Phi) is 5.96. The van der Waals surface area contributed by atoms with Crippen LogP contribution in [0.1, 0.15) is 18.2 Å². The largest absolute Gasteiger partial charge is 0.457 e. The van der Waals surface area contributed by atoms with Crippen molar-refractivity contribution in [2.75, 3.05) is 4.90 Å². The summed E-state index contributed by atoms with van der Waals surface area (Å²) in [4.78, 5) is 26.9. The van der Waals surface area contributed by atoms with E-state index >= 15 is 0 Å². The minimum absolute atomic E-state index is 0.0299. The monoisotopic (exact) mass is 470 g/mol. The normalized spacial score (nSPS) is 15.5. The highest BCUT2D eigenvalue weighted by Gasteiger charge is 2.34. The van der Waals surface area contributed by atoms with Crippen LogP contribution in [-0.4, -0.2) is 16.9 Å². The molecule has 1 saturated heterocycles. The number of carbonyl (C=O) groups excluding carboxylic acids is 2. The maximum Gasteiger partial charge on any atom is 0.270 e. The Balaban J connectivity index is 1.67. The lowest BCUT2D eigenvalue weighted by molar-refractivity contribution is -0.122. The number of thiocarbonyl (C=S) groups is 1. The van der Waals surface area contributed by atoms with Crippen molar-refractivity contribution in [1.29, 1.82) is 0 Å². The van der Waals surface area contributed by atoms with Gasteiger partial charge in [0.1, 0.15) is 17.1 Å². The van der Waals surface area contributed by atoms with Crippen molar-refractivity contribution in [2.24, 2.45) is 0 Å². The first kappa shape index (κ1) is 21.3. The SMILES string of the molecule is CCc1ccc(N2C(=O)/C(=C/c3ccc(-c4cc(Cl)ccc4Cl)o3)C(=O)NC2=S)cc1. The molecule has 1 aliphatic heterocycles. The third-order valence-corrected chi connectivity index (χ3v) is 5.66. The summed E-state index contributed by atoms with van der Waals surface area (Å²) in [6, 6.07) is 15.8. The van der Waals surface area contributed by atoms with Gasteiger partial charge < -0.3 is 4.42 Å². The quantitative estimate of drug-likeness (QED) is 0.304. The third kappa shape index (κ3) is 4.28. The Morgan fingerprint density at radius 3 is 2.52 bits per heavy atom. The van der Waals surface area contributed by atoms with E-state index in [2.05, 4.69) is 5.32 Å². The summed E-state index contributed by atoms with van der Waals surface area (Å²) in [5, 5.41) is 3.57. The van der Waals surface area contributed by atoms with Gasteiger partial charge in [-0.25, -0.2) is 0 Å². The molecule has 0 bridgehead atoms. The van der Waals surface area contributed by atoms with Crippen LogP contribution in [0.25, 0.3) is 17.4 Å². The van der Waals surface area contributed by atoms with Gasteiger partial charge in [-0.1, -0.05) is 42.3 Å². The molecule has 5 nitrogen and oxygen atoms in total. The van der Waals surface area contributed by atoms with E-state index in [1.54, 1.807) is 42.5 Å². The van der Waals surface area contributed by atoms with E-state index in [9.17, 15) is 9.59 Å². The van der Waals surface area contributed by atoms with Gasteiger partial charge in [0.15, 0.2) is 5.11 Å². The smallest absolute Gasteiger partial charge is 0.270 e. The first-order chi connectivity index (χ1) is 14.9. The Hall–Kier alpha value is -2.93. The zero-order valence-electron chi connectivity index (χ0n) is 16.3. The van der Waals surface area contributed by atoms with E-state index in [1.165, 1.54) is 11.0 Å². The maximum atomic E-state index is 13.1. The Labute approximate surface area is 194 Å². The van der Waals surface area contributed by atoms with Crippen LogP contribution < -0.4 is 10.2 Å². The molecular formula is C23H16Cl2N2O3S. The van der Waals surface area contributed by atoms with Crippen LogP contribution in [0.2, 0.25) is 10.0 Å². The van der Waals surface area contributed by atoms with Crippen molar-refractivity contribution in [1.82, 2.24) is 5.32 Å². The minimum Gasteiger partial charge on any atom is -0.457 e. The molecule has 156 valence electrons. The molecule has 8 heteroatoms. The average molecular weight is 471 g/mol. The van der Waals surface area contributed by atoms with Crippen molar-refractivity contribution in [3.63, 3.8) is 0 Å². The molecule has 2 heterocycles. The molecule has 0 unspecified atom stereocenters. The zero-order chi connectivity index (χ0) is 22.1. The van der Waals surface area contributed by atoms with Gasteiger partial charge in [0.25, 0.3) is 11.8 Å². The van der Waals surface area contributed by atoms with Gasteiger partial charge in [0.2, 0.25) is 0 Å². The highest BCUT2D eigenvalue weighted by atomic mass is 35.5. The summed E-state index contributed by atoms with van der Waals surface area (Å²) in [7, 11) is 0. The Bertz CT molecular complexity index is 1230. The van der Waals surface area contributed by atoms with Gasteiger partial charge in [-0.3, -0.25) is 19.8 Å². The highest BCUT2D eigenvalue weighted by molar-refractivity contribution is 7.80. The number of benzene rings is 2. The summed E-state index contributed by atoms with van der Waals surface area (Å²) in [5.74, 6) is -0.337. The number of halogens is 2. The van der Waals surface area contributed by atoms with Gasteiger partial charge in [0.05, 0.1) is 10.7 Å². The Morgan fingerprint density at radius 1 is 1.06 bits per heavy atom. The molecule has 1 N–H and O–H groups in total. The summed E-state index contributed by atoms with van der Waals surface area (Å²) in [6.45, 7) is 2.04.